The van der Waals surface area contributed by atoms with E-state index in [4.69, 9.17) is 9.52 Å². The van der Waals surface area contributed by atoms with Crippen molar-refractivity contribution in [2.24, 2.45) is 5.92 Å². The Morgan fingerprint density at radius 3 is 2.52 bits per heavy atom. The second-order valence-electron chi connectivity index (χ2n) is 5.55. The van der Waals surface area contributed by atoms with E-state index in [0.717, 1.165) is 5.56 Å². The number of aromatic nitrogens is 1. The van der Waals surface area contributed by atoms with Gasteiger partial charge < -0.3 is 14.8 Å². The summed E-state index contributed by atoms with van der Waals surface area (Å²) in [6.07, 6.45) is 0.0544. The molecule has 0 fully saturated rings. The van der Waals surface area contributed by atoms with Crippen LogP contribution in [-0.2, 0) is 16.0 Å². The molecule has 0 aliphatic carbocycles. The summed E-state index contributed by atoms with van der Waals surface area (Å²) < 4.78 is 5.61. The fraction of sp³-hybridized carbons (Fsp3) is 0.353. The third kappa shape index (κ3) is 4.18. The lowest BCUT2D eigenvalue weighted by molar-refractivity contribution is -0.142. The highest BCUT2D eigenvalue weighted by Gasteiger charge is 2.22. The van der Waals surface area contributed by atoms with Gasteiger partial charge in [-0.15, -0.1) is 0 Å². The van der Waals surface area contributed by atoms with Crippen molar-refractivity contribution in [3.8, 4) is 11.5 Å². The summed E-state index contributed by atoms with van der Waals surface area (Å²) in [6.45, 7) is 4.98. The molecule has 2 unspecified atom stereocenters. The minimum absolute atomic E-state index is 0.0544. The minimum Gasteiger partial charge on any atom is -0.481 e. The Bertz CT molecular complexity index is 694. The molecule has 0 radical (unpaired) electrons. The second-order valence-corrected chi connectivity index (χ2v) is 5.55. The Morgan fingerprint density at radius 2 is 1.91 bits per heavy atom. The van der Waals surface area contributed by atoms with Crippen molar-refractivity contribution >= 4 is 11.9 Å². The number of oxazole rings is 1. The van der Waals surface area contributed by atoms with Gasteiger partial charge in [0.15, 0.2) is 0 Å². The maximum atomic E-state index is 12.1. The summed E-state index contributed by atoms with van der Waals surface area (Å²) in [5.74, 6) is -0.823. The quantitative estimate of drug-likeness (QED) is 0.854. The lowest BCUT2D eigenvalue weighted by atomic mass is 10.0. The molecule has 1 aromatic carbocycles. The zero-order chi connectivity index (χ0) is 17.0. The van der Waals surface area contributed by atoms with Gasteiger partial charge in [0.25, 0.3) is 0 Å². The van der Waals surface area contributed by atoms with E-state index in [1.165, 1.54) is 0 Å². The molecule has 2 rings (SSSR count). The van der Waals surface area contributed by atoms with Crippen LogP contribution in [0, 0.1) is 12.8 Å². The number of nitrogens with zero attached hydrogens (tertiary/aromatic N) is 1. The second kappa shape index (κ2) is 7.09. The van der Waals surface area contributed by atoms with E-state index in [-0.39, 0.29) is 12.3 Å². The van der Waals surface area contributed by atoms with E-state index in [9.17, 15) is 9.59 Å². The average Bonchev–Trinajstić information content (AvgIpc) is 2.88. The van der Waals surface area contributed by atoms with Crippen molar-refractivity contribution in [3.63, 3.8) is 0 Å². The Morgan fingerprint density at radius 1 is 1.26 bits per heavy atom. The highest BCUT2D eigenvalue weighted by molar-refractivity contribution is 5.80. The molecule has 0 saturated heterocycles. The van der Waals surface area contributed by atoms with Crippen LogP contribution in [0.3, 0.4) is 0 Å². The minimum atomic E-state index is -0.943. The molecule has 0 aliphatic heterocycles. The van der Waals surface area contributed by atoms with Crippen LogP contribution in [0.15, 0.2) is 34.7 Å². The zero-order valence-corrected chi connectivity index (χ0v) is 13.4. The van der Waals surface area contributed by atoms with Gasteiger partial charge in [0, 0.05) is 11.6 Å². The molecule has 2 N–H and O–H groups in total. The first-order valence-electron chi connectivity index (χ1n) is 7.42. The smallest absolute Gasteiger partial charge is 0.308 e. The van der Waals surface area contributed by atoms with Gasteiger partial charge in [-0.2, -0.15) is 0 Å². The van der Waals surface area contributed by atoms with Crippen molar-refractivity contribution in [2.75, 3.05) is 0 Å². The largest absolute Gasteiger partial charge is 0.481 e. The maximum absolute atomic E-state index is 12.1. The van der Waals surface area contributed by atoms with E-state index in [2.05, 4.69) is 10.3 Å². The van der Waals surface area contributed by atoms with Crippen molar-refractivity contribution in [1.82, 2.24) is 10.3 Å². The van der Waals surface area contributed by atoms with Crippen LogP contribution in [0.1, 0.15) is 25.3 Å². The van der Waals surface area contributed by atoms with E-state index in [1.54, 1.807) is 20.8 Å². The van der Waals surface area contributed by atoms with Gasteiger partial charge in [0.05, 0.1) is 18.0 Å². The number of nitrogens with one attached hydrogen (secondary N) is 1. The van der Waals surface area contributed by atoms with E-state index < -0.39 is 17.9 Å². The van der Waals surface area contributed by atoms with Crippen LogP contribution in [0.2, 0.25) is 0 Å². The number of carbonyl (C=O) groups is 2. The molecule has 1 amide bonds. The van der Waals surface area contributed by atoms with Gasteiger partial charge in [-0.3, -0.25) is 9.59 Å². The fourth-order valence-corrected chi connectivity index (χ4v) is 2.09. The lowest BCUT2D eigenvalue weighted by Crippen LogP contribution is -2.40. The summed E-state index contributed by atoms with van der Waals surface area (Å²) in [4.78, 5) is 27.3. The van der Waals surface area contributed by atoms with Crippen molar-refractivity contribution in [3.05, 3.63) is 41.8 Å². The summed E-state index contributed by atoms with van der Waals surface area (Å²) in [5, 5.41) is 11.6. The number of aliphatic carboxylic acids is 1. The number of amides is 1. The van der Waals surface area contributed by atoms with Crippen LogP contribution < -0.4 is 5.32 Å². The molecule has 2 atom stereocenters. The molecule has 0 saturated carbocycles. The Balaban J connectivity index is 2.05. The molecule has 1 aromatic heterocycles. The summed E-state index contributed by atoms with van der Waals surface area (Å²) >= 11 is 0. The van der Waals surface area contributed by atoms with Crippen LogP contribution in [-0.4, -0.2) is 28.0 Å². The van der Waals surface area contributed by atoms with Gasteiger partial charge in [0.1, 0.15) is 5.76 Å². The molecule has 122 valence electrons. The highest BCUT2D eigenvalue weighted by Crippen LogP contribution is 2.21. The van der Waals surface area contributed by atoms with E-state index in [0.29, 0.717) is 17.3 Å². The number of carboxylic acids is 1. The molecule has 0 spiro atoms. The summed E-state index contributed by atoms with van der Waals surface area (Å²) in [7, 11) is 0. The molecule has 2 aromatic rings. The van der Waals surface area contributed by atoms with E-state index in [1.807, 2.05) is 30.3 Å². The average molecular weight is 316 g/mol. The monoisotopic (exact) mass is 316 g/mol. The third-order valence-corrected chi connectivity index (χ3v) is 3.77. The number of hydrogen-bond acceptors (Lipinski definition) is 4. The molecule has 0 aliphatic rings. The SMILES string of the molecule is Cc1oc(-c2ccccc2)nc1CC(=O)NC(C)C(C)C(=O)O. The fourth-order valence-electron chi connectivity index (χ4n) is 2.09. The van der Waals surface area contributed by atoms with Crippen molar-refractivity contribution in [2.45, 2.75) is 33.2 Å². The van der Waals surface area contributed by atoms with E-state index >= 15 is 0 Å². The molecule has 23 heavy (non-hydrogen) atoms. The number of carboxylic acid groups (broad SMARTS) is 1. The molecule has 0 bridgehead atoms. The van der Waals surface area contributed by atoms with Crippen LogP contribution in [0.4, 0.5) is 0 Å². The van der Waals surface area contributed by atoms with Crippen molar-refractivity contribution < 1.29 is 19.1 Å². The molecule has 6 heteroatoms. The summed E-state index contributed by atoms with van der Waals surface area (Å²) in [5.41, 5.74) is 1.40. The first-order chi connectivity index (χ1) is 10.9. The van der Waals surface area contributed by atoms with Gasteiger partial charge in [0.2, 0.25) is 11.8 Å². The molecule has 1 heterocycles. The van der Waals surface area contributed by atoms with Crippen LogP contribution in [0.5, 0.6) is 0 Å². The first-order valence-corrected chi connectivity index (χ1v) is 7.42. The Kier molecular flexibility index (Phi) is 5.16. The number of benzene rings is 1. The lowest BCUT2D eigenvalue weighted by Gasteiger charge is -2.17. The number of hydrogen-bond donors (Lipinski definition) is 2. The number of rotatable bonds is 6. The highest BCUT2D eigenvalue weighted by atomic mass is 16.4. The van der Waals surface area contributed by atoms with Gasteiger partial charge in [-0.25, -0.2) is 4.98 Å². The topological polar surface area (TPSA) is 92.4 Å². The molecular weight excluding hydrogens is 296 g/mol. The standard InChI is InChI=1S/C17H20N2O4/c1-10(17(21)22)11(2)18-15(20)9-14-12(3)23-16(19-14)13-7-5-4-6-8-13/h4-8,10-11H,9H2,1-3H3,(H,18,20)(H,21,22). The predicted octanol–water partition coefficient (Wildman–Crippen LogP) is 2.42. The van der Waals surface area contributed by atoms with Crippen LogP contribution in [0.25, 0.3) is 11.5 Å². The molecular formula is C17H20N2O4. The van der Waals surface area contributed by atoms with Crippen LogP contribution >= 0.6 is 0 Å². The van der Waals surface area contributed by atoms with Gasteiger partial charge in [-0.1, -0.05) is 18.2 Å². The first kappa shape index (κ1) is 16.7. The zero-order valence-electron chi connectivity index (χ0n) is 13.4. The van der Waals surface area contributed by atoms with Gasteiger partial charge in [-0.05, 0) is 32.9 Å². The number of carbonyl (C=O) groups excluding carboxylic acids is 1. The predicted molar refractivity (Wildman–Crippen MR) is 84.8 cm³/mol. The Hall–Kier alpha value is -2.63. The normalized spacial score (nSPS) is 13.3. The number of aryl methyl sites for hydroxylation is 1. The maximum Gasteiger partial charge on any atom is 0.308 e. The van der Waals surface area contributed by atoms with Crippen molar-refractivity contribution in [1.29, 1.82) is 0 Å². The van der Waals surface area contributed by atoms with Gasteiger partial charge >= 0.3 is 5.97 Å². The summed E-state index contributed by atoms with van der Waals surface area (Å²) in [6, 6.07) is 8.98. The molecule has 6 nitrogen and oxygen atoms in total. The third-order valence-electron chi connectivity index (χ3n) is 3.77. The Labute approximate surface area is 134 Å².